The molecule has 6 nitrogen and oxygen atoms in total. The summed E-state index contributed by atoms with van der Waals surface area (Å²) >= 11 is 0. The van der Waals surface area contributed by atoms with Crippen LogP contribution in [0.1, 0.15) is 29.8 Å². The van der Waals surface area contributed by atoms with E-state index in [0.717, 1.165) is 6.26 Å². The molecule has 0 radical (unpaired) electrons. The van der Waals surface area contributed by atoms with E-state index in [2.05, 4.69) is 5.32 Å². The van der Waals surface area contributed by atoms with Gasteiger partial charge in [-0.15, -0.1) is 0 Å². The molecule has 0 bridgehead atoms. The van der Waals surface area contributed by atoms with Crippen LogP contribution in [0.4, 0.5) is 0 Å². The minimum Gasteiger partial charge on any atom is -0.480 e. The number of aliphatic carboxylic acids is 1. The molecule has 0 heterocycles. The number of benzene rings is 1. The second-order valence-corrected chi connectivity index (χ2v) is 7.29. The van der Waals surface area contributed by atoms with Crippen molar-refractivity contribution in [1.29, 1.82) is 0 Å². The Labute approximate surface area is 117 Å². The van der Waals surface area contributed by atoms with Crippen LogP contribution in [0.25, 0.3) is 0 Å². The highest BCUT2D eigenvalue weighted by molar-refractivity contribution is 7.89. The highest BCUT2D eigenvalue weighted by Gasteiger charge is 2.29. The number of nitrogens with one attached hydrogen (secondary N) is 1. The molecule has 20 heavy (non-hydrogen) atoms. The molecule has 1 rings (SSSR count). The van der Waals surface area contributed by atoms with Crippen LogP contribution in [0.5, 0.6) is 0 Å². The zero-order valence-electron chi connectivity index (χ0n) is 11.5. The van der Waals surface area contributed by atoms with Crippen LogP contribution in [0.2, 0.25) is 0 Å². The lowest BCUT2D eigenvalue weighted by atomic mass is 10.0. The van der Waals surface area contributed by atoms with Crippen molar-refractivity contribution >= 4 is 21.7 Å². The molecular weight excluding hydrogens is 282 g/mol. The topological polar surface area (TPSA) is 101 Å². The first-order valence-electron chi connectivity index (χ1n) is 5.84. The van der Waals surface area contributed by atoms with Crippen molar-refractivity contribution in [2.75, 3.05) is 6.26 Å². The van der Waals surface area contributed by atoms with Gasteiger partial charge in [-0.1, -0.05) is 12.1 Å². The second kappa shape index (κ2) is 5.62. The SMILES string of the molecule is CC(C)(NC(=O)c1ccc(CS(C)(=O)=O)cc1)C(=O)O. The largest absolute Gasteiger partial charge is 0.480 e. The molecule has 1 aromatic carbocycles. The van der Waals surface area contributed by atoms with Crippen LogP contribution in [-0.2, 0) is 20.4 Å². The molecule has 0 spiro atoms. The van der Waals surface area contributed by atoms with Gasteiger partial charge < -0.3 is 10.4 Å². The van der Waals surface area contributed by atoms with E-state index in [1.807, 2.05) is 0 Å². The van der Waals surface area contributed by atoms with Gasteiger partial charge in [0.1, 0.15) is 5.54 Å². The third kappa shape index (κ3) is 4.65. The van der Waals surface area contributed by atoms with E-state index in [1.165, 1.54) is 38.1 Å². The van der Waals surface area contributed by atoms with Crippen molar-refractivity contribution in [2.24, 2.45) is 0 Å². The zero-order valence-corrected chi connectivity index (χ0v) is 12.3. The van der Waals surface area contributed by atoms with Gasteiger partial charge in [0.15, 0.2) is 9.84 Å². The predicted molar refractivity (Wildman–Crippen MR) is 74.2 cm³/mol. The molecule has 0 aromatic heterocycles. The minimum atomic E-state index is -3.13. The first-order chi connectivity index (χ1) is 9.01. The third-order valence-corrected chi connectivity index (χ3v) is 3.46. The Morgan fingerprint density at radius 1 is 1.20 bits per heavy atom. The van der Waals surface area contributed by atoms with Crippen LogP contribution < -0.4 is 5.32 Å². The van der Waals surface area contributed by atoms with Crippen LogP contribution in [0.15, 0.2) is 24.3 Å². The Balaban J connectivity index is 2.84. The Hall–Kier alpha value is -1.89. The van der Waals surface area contributed by atoms with Gasteiger partial charge in [-0.25, -0.2) is 13.2 Å². The quantitative estimate of drug-likeness (QED) is 0.838. The van der Waals surface area contributed by atoms with E-state index in [4.69, 9.17) is 5.11 Å². The van der Waals surface area contributed by atoms with Gasteiger partial charge in [-0.05, 0) is 31.5 Å². The molecule has 2 N–H and O–H groups in total. The number of carboxylic acids is 1. The first kappa shape index (κ1) is 16.2. The molecule has 1 amide bonds. The van der Waals surface area contributed by atoms with Gasteiger partial charge in [-0.2, -0.15) is 0 Å². The highest BCUT2D eigenvalue weighted by atomic mass is 32.2. The smallest absolute Gasteiger partial charge is 0.328 e. The molecule has 0 saturated heterocycles. The lowest BCUT2D eigenvalue weighted by molar-refractivity contribution is -0.143. The van der Waals surface area contributed by atoms with E-state index in [9.17, 15) is 18.0 Å². The molecule has 0 aliphatic rings. The fourth-order valence-corrected chi connectivity index (χ4v) is 2.26. The summed E-state index contributed by atoms with van der Waals surface area (Å²) in [6.07, 6.45) is 1.13. The number of carboxylic acid groups (broad SMARTS) is 1. The molecule has 0 unspecified atom stereocenters. The lowest BCUT2D eigenvalue weighted by Gasteiger charge is -2.20. The van der Waals surface area contributed by atoms with Gasteiger partial charge in [0.25, 0.3) is 5.91 Å². The summed E-state index contributed by atoms with van der Waals surface area (Å²) in [7, 11) is -3.13. The van der Waals surface area contributed by atoms with Crippen molar-refractivity contribution in [3.05, 3.63) is 35.4 Å². The van der Waals surface area contributed by atoms with Crippen molar-refractivity contribution in [1.82, 2.24) is 5.32 Å². The van der Waals surface area contributed by atoms with Crippen molar-refractivity contribution in [3.8, 4) is 0 Å². The van der Waals surface area contributed by atoms with Crippen LogP contribution in [-0.4, -0.2) is 37.2 Å². The standard InChI is InChI=1S/C13H17NO5S/c1-13(2,12(16)17)14-11(15)10-6-4-9(5-7-10)8-20(3,18)19/h4-7H,8H2,1-3H3,(H,14,15)(H,16,17). The predicted octanol–water partition coefficient (Wildman–Crippen LogP) is 0.824. The van der Waals surface area contributed by atoms with Gasteiger partial charge in [0.2, 0.25) is 0 Å². The number of amides is 1. The normalized spacial score (nSPS) is 11.9. The number of sulfone groups is 1. The number of carbonyl (C=O) groups excluding carboxylic acids is 1. The summed E-state index contributed by atoms with van der Waals surface area (Å²) in [4.78, 5) is 22.8. The maximum absolute atomic E-state index is 11.9. The first-order valence-corrected chi connectivity index (χ1v) is 7.90. The molecule has 0 atom stereocenters. The maximum Gasteiger partial charge on any atom is 0.328 e. The Morgan fingerprint density at radius 2 is 1.70 bits per heavy atom. The summed E-state index contributed by atoms with van der Waals surface area (Å²) in [5.41, 5.74) is -0.527. The number of rotatable bonds is 5. The van der Waals surface area contributed by atoms with E-state index >= 15 is 0 Å². The molecule has 110 valence electrons. The van der Waals surface area contributed by atoms with Crippen molar-refractivity contribution < 1.29 is 23.1 Å². The summed E-state index contributed by atoms with van der Waals surface area (Å²) in [6.45, 7) is 2.76. The monoisotopic (exact) mass is 299 g/mol. The van der Waals surface area contributed by atoms with E-state index in [1.54, 1.807) is 0 Å². The lowest BCUT2D eigenvalue weighted by Crippen LogP contribution is -2.49. The van der Waals surface area contributed by atoms with Crippen molar-refractivity contribution in [3.63, 3.8) is 0 Å². The Bertz CT molecular complexity index is 617. The minimum absolute atomic E-state index is 0.102. The Kier molecular flexibility index (Phi) is 4.54. The molecule has 1 aromatic rings. The van der Waals surface area contributed by atoms with Crippen LogP contribution >= 0.6 is 0 Å². The average molecular weight is 299 g/mol. The summed E-state index contributed by atoms with van der Waals surface area (Å²) in [5, 5.41) is 11.3. The van der Waals surface area contributed by atoms with Gasteiger partial charge in [0.05, 0.1) is 5.75 Å². The fraction of sp³-hybridized carbons (Fsp3) is 0.385. The summed E-state index contributed by atoms with van der Waals surface area (Å²) in [6, 6.07) is 6.00. The highest BCUT2D eigenvalue weighted by Crippen LogP contribution is 2.10. The summed E-state index contributed by atoms with van der Waals surface area (Å²) < 4.78 is 22.3. The van der Waals surface area contributed by atoms with Crippen molar-refractivity contribution in [2.45, 2.75) is 25.1 Å². The molecule has 0 aliphatic carbocycles. The number of carbonyl (C=O) groups is 2. The van der Waals surface area contributed by atoms with Crippen LogP contribution in [0.3, 0.4) is 0 Å². The van der Waals surface area contributed by atoms with Gasteiger partial charge in [-0.3, -0.25) is 4.79 Å². The van der Waals surface area contributed by atoms with E-state index in [-0.39, 0.29) is 11.3 Å². The third-order valence-electron chi connectivity index (χ3n) is 2.61. The average Bonchev–Trinajstić information content (AvgIpc) is 2.26. The summed E-state index contributed by atoms with van der Waals surface area (Å²) in [5.74, 6) is -1.77. The number of hydrogen-bond donors (Lipinski definition) is 2. The zero-order chi connectivity index (χ0) is 15.6. The molecular formula is C13H17NO5S. The molecule has 7 heteroatoms. The molecule has 0 aliphatic heterocycles. The number of hydrogen-bond acceptors (Lipinski definition) is 4. The van der Waals surface area contributed by atoms with Gasteiger partial charge in [0, 0.05) is 11.8 Å². The van der Waals surface area contributed by atoms with E-state index in [0.29, 0.717) is 5.56 Å². The van der Waals surface area contributed by atoms with Gasteiger partial charge >= 0.3 is 5.97 Å². The fourth-order valence-electron chi connectivity index (χ4n) is 1.46. The van der Waals surface area contributed by atoms with Crippen LogP contribution in [0, 0.1) is 0 Å². The second-order valence-electron chi connectivity index (χ2n) is 5.15. The molecule has 0 saturated carbocycles. The Morgan fingerprint density at radius 3 is 2.10 bits per heavy atom. The van der Waals surface area contributed by atoms with E-state index < -0.39 is 27.3 Å². The maximum atomic E-state index is 11.9. The molecule has 0 fully saturated rings.